The number of nitrogens with one attached hydrogen (secondary N) is 3. The summed E-state index contributed by atoms with van der Waals surface area (Å²) in [6.07, 6.45) is 0.161. The third-order valence-corrected chi connectivity index (χ3v) is 1.17. The van der Waals surface area contributed by atoms with Gasteiger partial charge in [0.25, 0.3) is 0 Å². The number of hydrogen-bond donors (Lipinski definition) is 5. The lowest BCUT2D eigenvalue weighted by molar-refractivity contribution is -0.118. The maximum Gasteiger partial charge on any atom is 0.216 e. The maximum atomic E-state index is 10.4. The highest BCUT2D eigenvalue weighted by Gasteiger charge is 2.01. The molecule has 0 aromatic carbocycles. The standard InChI is InChI=1S/C6H15N5O/c1-4(12)10-3-2-5(7)11-6(8)9/h5H,2-3,7H2,1H3,(H,10,12)(H4,8,9,11). The Hall–Kier alpha value is -1.30. The first-order chi connectivity index (χ1) is 5.52. The lowest BCUT2D eigenvalue weighted by Crippen LogP contribution is -2.46. The Bertz CT molecular complexity index is 169. The SMILES string of the molecule is CC(=O)NCCC(N)NC(=N)N. The summed E-state index contributed by atoms with van der Waals surface area (Å²) in [7, 11) is 0. The van der Waals surface area contributed by atoms with E-state index in [1.807, 2.05) is 0 Å². The van der Waals surface area contributed by atoms with E-state index in [1.54, 1.807) is 0 Å². The number of amides is 1. The van der Waals surface area contributed by atoms with E-state index in [0.717, 1.165) is 0 Å². The van der Waals surface area contributed by atoms with Crippen molar-refractivity contribution in [3.63, 3.8) is 0 Å². The minimum atomic E-state index is -0.380. The predicted octanol–water partition coefficient (Wildman–Crippen LogP) is -1.72. The van der Waals surface area contributed by atoms with Crippen molar-refractivity contribution in [2.75, 3.05) is 6.54 Å². The number of guanidine groups is 1. The van der Waals surface area contributed by atoms with E-state index in [9.17, 15) is 4.79 Å². The molecular formula is C6H15N5O. The van der Waals surface area contributed by atoms with E-state index >= 15 is 0 Å². The van der Waals surface area contributed by atoms with Crippen LogP contribution >= 0.6 is 0 Å². The molecule has 0 aliphatic heterocycles. The Morgan fingerprint density at radius 3 is 2.67 bits per heavy atom. The van der Waals surface area contributed by atoms with Gasteiger partial charge < -0.3 is 22.1 Å². The molecule has 1 atom stereocenters. The first kappa shape index (κ1) is 10.7. The molecule has 0 fully saturated rings. The second-order valence-corrected chi connectivity index (χ2v) is 2.44. The monoisotopic (exact) mass is 173 g/mol. The molecule has 1 amide bonds. The van der Waals surface area contributed by atoms with Crippen molar-refractivity contribution in [3.8, 4) is 0 Å². The van der Waals surface area contributed by atoms with Crippen molar-refractivity contribution in [2.45, 2.75) is 19.5 Å². The molecule has 7 N–H and O–H groups in total. The molecule has 6 heteroatoms. The Morgan fingerprint density at radius 1 is 1.67 bits per heavy atom. The van der Waals surface area contributed by atoms with Crippen LogP contribution < -0.4 is 22.1 Å². The van der Waals surface area contributed by atoms with Gasteiger partial charge in [0, 0.05) is 13.5 Å². The number of carbonyl (C=O) groups is 1. The molecule has 0 spiro atoms. The van der Waals surface area contributed by atoms with Crippen LogP contribution in [0.1, 0.15) is 13.3 Å². The van der Waals surface area contributed by atoms with Gasteiger partial charge in [-0.2, -0.15) is 0 Å². The summed E-state index contributed by atoms with van der Waals surface area (Å²) in [4.78, 5) is 10.4. The summed E-state index contributed by atoms with van der Waals surface area (Å²) in [5.41, 5.74) is 10.5. The molecule has 0 radical (unpaired) electrons. The summed E-state index contributed by atoms with van der Waals surface area (Å²) in [6.45, 7) is 1.92. The largest absolute Gasteiger partial charge is 0.370 e. The molecule has 0 saturated heterocycles. The number of rotatable bonds is 4. The minimum absolute atomic E-state index is 0.0926. The number of carbonyl (C=O) groups excluding carboxylic acids is 1. The van der Waals surface area contributed by atoms with Crippen molar-refractivity contribution in [2.24, 2.45) is 11.5 Å². The van der Waals surface area contributed by atoms with Crippen molar-refractivity contribution >= 4 is 11.9 Å². The summed E-state index contributed by atoms with van der Waals surface area (Å²) >= 11 is 0. The number of nitrogens with two attached hydrogens (primary N) is 2. The lowest BCUT2D eigenvalue weighted by atomic mass is 10.3. The van der Waals surface area contributed by atoms with E-state index in [0.29, 0.717) is 13.0 Å². The third kappa shape index (κ3) is 6.81. The molecule has 0 aromatic heterocycles. The first-order valence-electron chi connectivity index (χ1n) is 3.63. The highest BCUT2D eigenvalue weighted by Crippen LogP contribution is 1.79. The van der Waals surface area contributed by atoms with Crippen LogP contribution in [0.15, 0.2) is 0 Å². The zero-order chi connectivity index (χ0) is 9.56. The zero-order valence-electron chi connectivity index (χ0n) is 7.05. The molecule has 0 rings (SSSR count). The Kier molecular flexibility index (Phi) is 4.78. The van der Waals surface area contributed by atoms with E-state index in [-0.39, 0.29) is 18.0 Å². The van der Waals surface area contributed by atoms with Crippen LogP contribution in [0.3, 0.4) is 0 Å². The average molecular weight is 173 g/mol. The molecule has 6 nitrogen and oxygen atoms in total. The topological polar surface area (TPSA) is 117 Å². The van der Waals surface area contributed by atoms with Crippen LogP contribution in [0.25, 0.3) is 0 Å². The maximum absolute atomic E-state index is 10.4. The van der Waals surface area contributed by atoms with Crippen molar-refractivity contribution in [3.05, 3.63) is 0 Å². The smallest absolute Gasteiger partial charge is 0.216 e. The van der Waals surface area contributed by atoms with Gasteiger partial charge in [-0.05, 0) is 6.42 Å². The van der Waals surface area contributed by atoms with E-state index in [1.165, 1.54) is 6.92 Å². The molecule has 0 aliphatic carbocycles. The van der Waals surface area contributed by atoms with Crippen LogP contribution in [0.2, 0.25) is 0 Å². The summed E-state index contributed by atoms with van der Waals surface area (Å²) in [6, 6.07) is 0. The molecule has 0 aromatic rings. The number of hydrogen-bond acceptors (Lipinski definition) is 3. The fourth-order valence-electron chi connectivity index (χ4n) is 0.676. The van der Waals surface area contributed by atoms with Crippen molar-refractivity contribution < 1.29 is 4.79 Å². The van der Waals surface area contributed by atoms with Crippen LogP contribution in [-0.4, -0.2) is 24.6 Å². The van der Waals surface area contributed by atoms with Gasteiger partial charge in [-0.1, -0.05) is 0 Å². The average Bonchev–Trinajstić information content (AvgIpc) is 1.84. The second kappa shape index (κ2) is 5.36. The normalized spacial score (nSPS) is 11.8. The van der Waals surface area contributed by atoms with Crippen LogP contribution in [0, 0.1) is 5.41 Å². The van der Waals surface area contributed by atoms with Crippen LogP contribution in [-0.2, 0) is 4.79 Å². The fraction of sp³-hybridized carbons (Fsp3) is 0.667. The predicted molar refractivity (Wildman–Crippen MR) is 46.3 cm³/mol. The minimum Gasteiger partial charge on any atom is -0.370 e. The summed E-state index contributed by atoms with van der Waals surface area (Å²) in [5, 5.41) is 11.9. The van der Waals surface area contributed by atoms with Crippen molar-refractivity contribution in [1.29, 1.82) is 5.41 Å². The van der Waals surface area contributed by atoms with Gasteiger partial charge >= 0.3 is 0 Å². The Balaban J connectivity index is 3.37. The van der Waals surface area contributed by atoms with Gasteiger partial charge in [-0.3, -0.25) is 10.2 Å². The highest BCUT2D eigenvalue weighted by molar-refractivity contribution is 5.74. The molecule has 0 saturated carbocycles. The summed E-state index contributed by atoms with van der Waals surface area (Å²) in [5.74, 6) is -0.254. The van der Waals surface area contributed by atoms with Gasteiger partial charge in [0.05, 0.1) is 6.17 Å². The van der Waals surface area contributed by atoms with Crippen molar-refractivity contribution in [1.82, 2.24) is 10.6 Å². The quantitative estimate of drug-likeness (QED) is 0.197. The lowest BCUT2D eigenvalue weighted by Gasteiger charge is -2.12. The van der Waals surface area contributed by atoms with Crippen LogP contribution in [0.4, 0.5) is 0 Å². The van der Waals surface area contributed by atoms with Gasteiger partial charge in [0.15, 0.2) is 5.96 Å². The molecule has 70 valence electrons. The fourth-order valence-corrected chi connectivity index (χ4v) is 0.676. The molecule has 0 heterocycles. The van der Waals surface area contributed by atoms with Gasteiger partial charge in [-0.25, -0.2) is 0 Å². The molecule has 12 heavy (non-hydrogen) atoms. The highest BCUT2D eigenvalue weighted by atomic mass is 16.1. The van der Waals surface area contributed by atoms with Gasteiger partial charge in [0.2, 0.25) is 5.91 Å². The summed E-state index contributed by atoms with van der Waals surface area (Å²) < 4.78 is 0. The molecule has 1 unspecified atom stereocenters. The first-order valence-corrected chi connectivity index (χ1v) is 3.63. The second-order valence-electron chi connectivity index (χ2n) is 2.44. The van der Waals surface area contributed by atoms with E-state index < -0.39 is 0 Å². The zero-order valence-corrected chi connectivity index (χ0v) is 7.05. The van der Waals surface area contributed by atoms with E-state index in [4.69, 9.17) is 16.9 Å². The van der Waals surface area contributed by atoms with Crippen LogP contribution in [0.5, 0.6) is 0 Å². The molecule has 0 aliphatic rings. The molecular weight excluding hydrogens is 158 g/mol. The third-order valence-electron chi connectivity index (χ3n) is 1.17. The van der Waals surface area contributed by atoms with Gasteiger partial charge in [-0.15, -0.1) is 0 Å². The van der Waals surface area contributed by atoms with E-state index in [2.05, 4.69) is 10.6 Å². The molecule has 0 bridgehead atoms. The Labute approximate surface area is 71.2 Å². The Morgan fingerprint density at radius 2 is 2.25 bits per heavy atom. The van der Waals surface area contributed by atoms with Gasteiger partial charge in [0.1, 0.15) is 0 Å².